The Hall–Kier alpha value is -2.64. The number of amides is 2. The Morgan fingerprint density at radius 3 is 2.62 bits per heavy atom. The highest BCUT2D eigenvalue weighted by molar-refractivity contribution is 8.26. The molecule has 0 bridgehead atoms. The Balaban J connectivity index is 1.72. The predicted molar refractivity (Wildman–Crippen MR) is 106 cm³/mol. The van der Waals surface area contributed by atoms with Crippen LogP contribution in [0.3, 0.4) is 0 Å². The maximum atomic E-state index is 12.6. The van der Waals surface area contributed by atoms with Gasteiger partial charge < -0.3 is 4.74 Å². The second kappa shape index (κ2) is 8.16. The van der Waals surface area contributed by atoms with Crippen molar-refractivity contribution in [2.75, 3.05) is 7.11 Å². The summed E-state index contributed by atoms with van der Waals surface area (Å²) in [6.45, 7) is 0. The van der Waals surface area contributed by atoms with E-state index in [1.54, 1.807) is 13.2 Å². The molecule has 0 aromatic heterocycles. The summed E-state index contributed by atoms with van der Waals surface area (Å²) in [7, 11) is 1.57. The molecule has 7 heteroatoms. The van der Waals surface area contributed by atoms with Gasteiger partial charge in [0.15, 0.2) is 4.32 Å². The summed E-state index contributed by atoms with van der Waals surface area (Å²) >= 11 is 6.38. The number of nitrogens with zero attached hydrogens (tertiary/aromatic N) is 1. The number of benzene rings is 2. The van der Waals surface area contributed by atoms with Crippen molar-refractivity contribution in [2.45, 2.75) is 6.42 Å². The number of rotatable bonds is 5. The van der Waals surface area contributed by atoms with E-state index in [2.05, 4.69) is 5.43 Å². The van der Waals surface area contributed by atoms with Crippen LogP contribution in [0.25, 0.3) is 6.08 Å². The Morgan fingerprint density at radius 1 is 1.19 bits per heavy atom. The minimum atomic E-state index is -0.354. The molecule has 1 aliphatic rings. The van der Waals surface area contributed by atoms with Gasteiger partial charge >= 0.3 is 0 Å². The van der Waals surface area contributed by atoms with E-state index >= 15 is 0 Å². The average Bonchev–Trinajstić information content (AvgIpc) is 2.90. The van der Waals surface area contributed by atoms with Crippen molar-refractivity contribution in [2.24, 2.45) is 0 Å². The van der Waals surface area contributed by atoms with Crippen molar-refractivity contribution < 1.29 is 14.3 Å². The number of carbonyl (C=O) groups is 2. The van der Waals surface area contributed by atoms with E-state index in [-0.39, 0.29) is 22.6 Å². The van der Waals surface area contributed by atoms with Crippen LogP contribution < -0.4 is 10.2 Å². The summed E-state index contributed by atoms with van der Waals surface area (Å²) < 4.78 is 5.58. The molecule has 0 saturated carbocycles. The number of hydrazine groups is 1. The number of hydrogen-bond acceptors (Lipinski definition) is 5. The highest BCUT2D eigenvalue weighted by Gasteiger charge is 2.33. The number of carbonyl (C=O) groups excluding carboxylic acids is 2. The van der Waals surface area contributed by atoms with Gasteiger partial charge in [-0.15, -0.1) is 0 Å². The molecule has 1 saturated heterocycles. The summed E-state index contributed by atoms with van der Waals surface area (Å²) in [4.78, 5) is 25.2. The van der Waals surface area contributed by atoms with Crippen LogP contribution in [-0.2, 0) is 16.0 Å². The van der Waals surface area contributed by atoms with E-state index < -0.39 is 0 Å². The maximum Gasteiger partial charge on any atom is 0.285 e. The lowest BCUT2D eigenvalue weighted by atomic mass is 10.1. The third kappa shape index (κ3) is 4.12. The standard InChI is InChI=1S/C19H16N2O3S2/c1-24-15-10-6-5-9-14(15)12-16-18(23)21(19(25)26-16)20-17(22)11-13-7-3-2-4-8-13/h2-10,12H,11H2,1H3,(H,20,22)/b16-12+. The van der Waals surface area contributed by atoms with E-state index in [4.69, 9.17) is 17.0 Å². The smallest absolute Gasteiger partial charge is 0.285 e. The monoisotopic (exact) mass is 384 g/mol. The molecule has 132 valence electrons. The summed E-state index contributed by atoms with van der Waals surface area (Å²) in [6, 6.07) is 16.7. The quantitative estimate of drug-likeness (QED) is 0.634. The fourth-order valence-electron chi connectivity index (χ4n) is 2.44. The van der Waals surface area contributed by atoms with Gasteiger partial charge in [0.25, 0.3) is 5.91 Å². The van der Waals surface area contributed by atoms with Gasteiger partial charge in [-0.2, -0.15) is 5.01 Å². The zero-order chi connectivity index (χ0) is 18.5. The van der Waals surface area contributed by atoms with Gasteiger partial charge in [-0.25, -0.2) is 0 Å². The van der Waals surface area contributed by atoms with Gasteiger partial charge in [0.1, 0.15) is 5.75 Å². The molecule has 0 unspecified atom stereocenters. The van der Waals surface area contributed by atoms with E-state index in [0.29, 0.717) is 10.7 Å². The van der Waals surface area contributed by atoms with Crippen molar-refractivity contribution in [1.29, 1.82) is 0 Å². The molecule has 1 fully saturated rings. The average molecular weight is 384 g/mol. The molecule has 0 spiro atoms. The number of nitrogens with one attached hydrogen (secondary N) is 1. The van der Waals surface area contributed by atoms with Crippen LogP contribution in [0.15, 0.2) is 59.5 Å². The van der Waals surface area contributed by atoms with E-state index in [0.717, 1.165) is 27.9 Å². The summed E-state index contributed by atoms with van der Waals surface area (Å²) in [6.07, 6.45) is 1.88. The molecule has 1 aliphatic heterocycles. The molecule has 5 nitrogen and oxygen atoms in total. The third-order valence-electron chi connectivity index (χ3n) is 3.66. The van der Waals surface area contributed by atoms with Gasteiger partial charge in [0.05, 0.1) is 18.4 Å². The van der Waals surface area contributed by atoms with Gasteiger partial charge in [0.2, 0.25) is 5.91 Å². The first-order valence-electron chi connectivity index (χ1n) is 7.83. The Morgan fingerprint density at radius 2 is 1.88 bits per heavy atom. The van der Waals surface area contributed by atoms with Crippen LogP contribution >= 0.6 is 24.0 Å². The van der Waals surface area contributed by atoms with Crippen LogP contribution in [0.2, 0.25) is 0 Å². The lowest BCUT2D eigenvalue weighted by Gasteiger charge is -2.15. The number of ether oxygens (including phenoxy) is 1. The molecule has 3 rings (SSSR count). The van der Waals surface area contributed by atoms with Crippen LogP contribution in [0.4, 0.5) is 0 Å². The van der Waals surface area contributed by atoms with Crippen molar-refractivity contribution in [3.63, 3.8) is 0 Å². The van der Waals surface area contributed by atoms with Crippen molar-refractivity contribution in [3.8, 4) is 5.75 Å². The van der Waals surface area contributed by atoms with Crippen LogP contribution in [0, 0.1) is 0 Å². The minimum Gasteiger partial charge on any atom is -0.496 e. The Kier molecular flexibility index (Phi) is 5.70. The molecule has 2 aromatic rings. The molecular weight excluding hydrogens is 368 g/mol. The Labute approximate surface area is 161 Å². The van der Waals surface area contributed by atoms with Gasteiger partial charge in [-0.1, -0.05) is 60.3 Å². The number of hydrogen-bond donors (Lipinski definition) is 1. The molecule has 0 radical (unpaired) electrons. The van der Waals surface area contributed by atoms with E-state index in [1.165, 1.54) is 0 Å². The minimum absolute atomic E-state index is 0.170. The fraction of sp³-hybridized carbons (Fsp3) is 0.105. The summed E-state index contributed by atoms with van der Waals surface area (Å²) in [5.74, 6) is 0.00393. The molecule has 0 aliphatic carbocycles. The zero-order valence-corrected chi connectivity index (χ0v) is 15.6. The second-order valence-corrected chi connectivity index (χ2v) is 7.13. The van der Waals surface area contributed by atoms with Crippen LogP contribution in [-0.4, -0.2) is 28.3 Å². The van der Waals surface area contributed by atoms with Crippen molar-refractivity contribution >= 4 is 46.2 Å². The first-order chi connectivity index (χ1) is 12.6. The van der Waals surface area contributed by atoms with Crippen LogP contribution in [0.1, 0.15) is 11.1 Å². The Bertz CT molecular complexity index is 881. The van der Waals surface area contributed by atoms with Gasteiger partial charge in [-0.05, 0) is 29.9 Å². The molecule has 0 atom stereocenters. The summed E-state index contributed by atoms with van der Waals surface area (Å²) in [5, 5.41) is 1.12. The molecular formula is C19H16N2O3S2. The zero-order valence-electron chi connectivity index (χ0n) is 14.0. The largest absolute Gasteiger partial charge is 0.496 e. The predicted octanol–water partition coefficient (Wildman–Crippen LogP) is 3.17. The lowest BCUT2D eigenvalue weighted by Crippen LogP contribution is -2.45. The van der Waals surface area contributed by atoms with E-state index in [1.807, 2.05) is 54.6 Å². The van der Waals surface area contributed by atoms with Crippen molar-refractivity contribution in [1.82, 2.24) is 10.4 Å². The first-order valence-corrected chi connectivity index (χ1v) is 9.05. The molecule has 2 amide bonds. The van der Waals surface area contributed by atoms with Gasteiger partial charge in [-0.3, -0.25) is 15.0 Å². The van der Waals surface area contributed by atoms with E-state index in [9.17, 15) is 9.59 Å². The molecule has 1 N–H and O–H groups in total. The highest BCUT2D eigenvalue weighted by atomic mass is 32.2. The highest BCUT2D eigenvalue weighted by Crippen LogP contribution is 2.33. The molecule has 2 aromatic carbocycles. The maximum absolute atomic E-state index is 12.6. The number of para-hydroxylation sites is 1. The first kappa shape index (κ1) is 18.2. The fourth-order valence-corrected chi connectivity index (χ4v) is 3.61. The van der Waals surface area contributed by atoms with Crippen molar-refractivity contribution in [3.05, 3.63) is 70.6 Å². The van der Waals surface area contributed by atoms with Crippen LogP contribution in [0.5, 0.6) is 5.75 Å². The normalized spacial score (nSPS) is 15.4. The number of thiocarbonyl (C=S) groups is 1. The molecule has 1 heterocycles. The summed E-state index contributed by atoms with van der Waals surface area (Å²) in [5.41, 5.74) is 4.21. The number of thioether (sulfide) groups is 1. The van der Waals surface area contributed by atoms with Gasteiger partial charge in [0, 0.05) is 5.56 Å². The topological polar surface area (TPSA) is 58.6 Å². The third-order valence-corrected chi connectivity index (χ3v) is 4.97. The number of methoxy groups -OCH3 is 1. The second-order valence-electron chi connectivity index (χ2n) is 5.46. The SMILES string of the molecule is COc1ccccc1/C=C1/SC(=S)N(NC(=O)Cc2ccccc2)C1=O. The molecule has 26 heavy (non-hydrogen) atoms. The lowest BCUT2D eigenvalue weighted by molar-refractivity contribution is -0.132.